The number of fused-ring (bicyclic) bond motifs is 1. The number of carbonyl (C=O) groups is 1. The van der Waals surface area contributed by atoms with Gasteiger partial charge in [0, 0.05) is 81.0 Å². The van der Waals surface area contributed by atoms with Crippen LogP contribution in [0.5, 0.6) is 0 Å². The van der Waals surface area contributed by atoms with E-state index < -0.39 is 28.6 Å². The van der Waals surface area contributed by atoms with Gasteiger partial charge >= 0.3 is 5.97 Å². The van der Waals surface area contributed by atoms with Crippen LogP contribution in [-0.2, 0) is 0 Å². The average Bonchev–Trinajstić information content (AvgIpc) is 3.09. The molecule has 0 unspecified atom stereocenters. The third-order valence-corrected chi connectivity index (χ3v) is 9.00. The first kappa shape index (κ1) is 29.3. The molecule has 10 heteroatoms. The Balaban J connectivity index is 1.20. The average molecular weight is 622 g/mol. The van der Waals surface area contributed by atoms with E-state index in [1.165, 1.54) is 16.7 Å². The van der Waals surface area contributed by atoms with Crippen molar-refractivity contribution < 1.29 is 18.7 Å². The fourth-order valence-corrected chi connectivity index (χ4v) is 6.52. The molecule has 0 bridgehead atoms. The molecule has 7 rings (SSSR count). The number of anilines is 4. The Bertz CT molecular complexity index is 1950. The zero-order chi connectivity index (χ0) is 31.8. The summed E-state index contributed by atoms with van der Waals surface area (Å²) in [6, 6.07) is 27.6. The molecule has 2 aliphatic rings. The van der Waals surface area contributed by atoms with E-state index in [0.717, 1.165) is 36.7 Å². The molecule has 0 amide bonds. The van der Waals surface area contributed by atoms with Crippen molar-refractivity contribution in [2.24, 2.45) is 0 Å². The van der Waals surface area contributed by atoms with E-state index >= 15 is 8.78 Å². The molecule has 3 heterocycles. The van der Waals surface area contributed by atoms with Gasteiger partial charge in [-0.3, -0.25) is 4.79 Å². The molecule has 234 valence electrons. The molecule has 0 saturated carbocycles. The number of carboxylic acid groups (broad SMARTS) is 1. The molecule has 2 saturated heterocycles. The van der Waals surface area contributed by atoms with Crippen molar-refractivity contribution >= 4 is 39.6 Å². The number of nitrogens with zero attached hydrogens (tertiary/aromatic N) is 5. The molecule has 0 spiro atoms. The van der Waals surface area contributed by atoms with Crippen LogP contribution in [-0.4, -0.2) is 68.0 Å². The van der Waals surface area contributed by atoms with Gasteiger partial charge in [-0.1, -0.05) is 36.4 Å². The normalized spacial score (nSPS) is 15.4. The molecule has 1 aromatic heterocycles. The van der Waals surface area contributed by atoms with E-state index in [0.29, 0.717) is 45.0 Å². The van der Waals surface area contributed by atoms with Crippen molar-refractivity contribution in [2.45, 2.75) is 0 Å². The summed E-state index contributed by atoms with van der Waals surface area (Å²) in [5, 5.41) is 9.69. The van der Waals surface area contributed by atoms with Crippen molar-refractivity contribution in [1.82, 2.24) is 4.57 Å². The molecular weight excluding hydrogens is 588 g/mol. The first-order valence-corrected chi connectivity index (χ1v) is 15.4. The van der Waals surface area contributed by atoms with Gasteiger partial charge in [0.1, 0.15) is 17.2 Å². The SMILES string of the molecule is O=C(O)c1cn(-c2ccc(N3CCN(c4ccccc4)CC3)cc2F)c2cc(N3CCN(c4ccccc4)CC3)c(F)cc2c1=O. The highest BCUT2D eigenvalue weighted by atomic mass is 19.1. The molecule has 0 radical (unpaired) electrons. The summed E-state index contributed by atoms with van der Waals surface area (Å²) in [6.07, 6.45) is 1.14. The summed E-state index contributed by atoms with van der Waals surface area (Å²) in [5.74, 6) is -2.67. The summed E-state index contributed by atoms with van der Waals surface area (Å²) < 4.78 is 32.9. The number of para-hydroxylation sites is 2. The summed E-state index contributed by atoms with van der Waals surface area (Å²) >= 11 is 0. The number of benzene rings is 4. The van der Waals surface area contributed by atoms with E-state index in [4.69, 9.17) is 0 Å². The molecule has 1 N–H and O–H groups in total. The summed E-state index contributed by atoms with van der Waals surface area (Å²) in [4.78, 5) is 33.8. The summed E-state index contributed by atoms with van der Waals surface area (Å²) in [5.41, 5.74) is 2.17. The van der Waals surface area contributed by atoms with Crippen LogP contribution in [0.1, 0.15) is 10.4 Å². The summed E-state index contributed by atoms with van der Waals surface area (Å²) in [7, 11) is 0. The lowest BCUT2D eigenvalue weighted by Crippen LogP contribution is -2.46. The van der Waals surface area contributed by atoms with Crippen molar-refractivity contribution in [3.63, 3.8) is 0 Å². The number of carboxylic acids is 1. The monoisotopic (exact) mass is 621 g/mol. The number of hydrogen-bond acceptors (Lipinski definition) is 6. The van der Waals surface area contributed by atoms with Crippen molar-refractivity contribution in [1.29, 1.82) is 0 Å². The molecule has 2 aliphatic heterocycles. The molecule has 0 aliphatic carbocycles. The fraction of sp³-hybridized carbons (Fsp3) is 0.222. The van der Waals surface area contributed by atoms with E-state index in [9.17, 15) is 14.7 Å². The predicted octanol–water partition coefficient (Wildman–Crippen LogP) is 5.62. The molecule has 4 aromatic carbocycles. The highest BCUT2D eigenvalue weighted by molar-refractivity contribution is 5.94. The zero-order valence-corrected chi connectivity index (χ0v) is 25.2. The molecule has 46 heavy (non-hydrogen) atoms. The number of aromatic nitrogens is 1. The van der Waals surface area contributed by atoms with E-state index in [1.807, 2.05) is 53.4 Å². The van der Waals surface area contributed by atoms with Crippen LogP contribution in [0.4, 0.5) is 31.5 Å². The maximum Gasteiger partial charge on any atom is 0.341 e. The van der Waals surface area contributed by atoms with Gasteiger partial charge in [-0.05, 0) is 54.6 Å². The first-order chi connectivity index (χ1) is 22.4. The number of hydrogen-bond donors (Lipinski definition) is 1. The van der Waals surface area contributed by atoms with Crippen LogP contribution in [0, 0.1) is 11.6 Å². The lowest BCUT2D eigenvalue weighted by atomic mass is 10.1. The van der Waals surface area contributed by atoms with Gasteiger partial charge in [0.2, 0.25) is 5.43 Å². The molecule has 0 atom stereocenters. The van der Waals surface area contributed by atoms with Gasteiger partial charge in [0.25, 0.3) is 0 Å². The second-order valence-electron chi connectivity index (χ2n) is 11.6. The van der Waals surface area contributed by atoms with Gasteiger partial charge in [0.05, 0.1) is 16.9 Å². The third kappa shape index (κ3) is 5.51. The minimum Gasteiger partial charge on any atom is -0.477 e. The smallest absolute Gasteiger partial charge is 0.341 e. The number of aromatic carboxylic acids is 1. The van der Waals surface area contributed by atoms with Gasteiger partial charge in [0.15, 0.2) is 0 Å². The zero-order valence-electron chi connectivity index (χ0n) is 25.2. The number of halogens is 2. The number of piperazine rings is 2. The van der Waals surface area contributed by atoms with Crippen LogP contribution in [0.3, 0.4) is 0 Å². The lowest BCUT2D eigenvalue weighted by molar-refractivity contribution is 0.0695. The molecular formula is C36H33F2N5O3. The quantitative estimate of drug-likeness (QED) is 0.264. The van der Waals surface area contributed by atoms with Gasteiger partial charge < -0.3 is 29.3 Å². The Labute approximate surface area is 264 Å². The lowest BCUT2D eigenvalue weighted by Gasteiger charge is -2.37. The Morgan fingerprint density at radius 2 is 1.09 bits per heavy atom. The largest absolute Gasteiger partial charge is 0.477 e. The summed E-state index contributed by atoms with van der Waals surface area (Å²) in [6.45, 7) is 5.39. The van der Waals surface area contributed by atoms with Crippen LogP contribution in [0.2, 0.25) is 0 Å². The maximum absolute atomic E-state index is 16.0. The number of rotatable bonds is 6. The highest BCUT2D eigenvalue weighted by Crippen LogP contribution is 2.31. The molecule has 5 aromatic rings. The van der Waals surface area contributed by atoms with Gasteiger partial charge in [-0.15, -0.1) is 0 Å². The standard InChI is InChI=1S/C36H33F2N5O3/c37-30-21-27(41-15-13-39(14-16-41)25-7-3-1-4-8-25)11-12-32(30)43-24-29(36(45)46)35(44)28-22-31(38)34(23-33(28)43)42-19-17-40(18-20-42)26-9-5-2-6-10-26/h1-12,21-24H,13-20H2,(H,45,46). The van der Waals surface area contributed by atoms with Crippen LogP contribution >= 0.6 is 0 Å². The van der Waals surface area contributed by atoms with Crippen molar-refractivity contribution in [2.75, 3.05) is 72.0 Å². The van der Waals surface area contributed by atoms with Crippen molar-refractivity contribution in [3.8, 4) is 5.69 Å². The highest BCUT2D eigenvalue weighted by Gasteiger charge is 2.25. The molecule has 2 fully saturated rings. The van der Waals surface area contributed by atoms with Crippen LogP contribution < -0.4 is 25.0 Å². The number of pyridine rings is 1. The Morgan fingerprint density at radius 3 is 1.61 bits per heavy atom. The van der Waals surface area contributed by atoms with E-state index in [1.54, 1.807) is 12.1 Å². The van der Waals surface area contributed by atoms with Gasteiger partial charge in [-0.2, -0.15) is 0 Å². The maximum atomic E-state index is 16.0. The topological polar surface area (TPSA) is 72.3 Å². The fourth-order valence-electron chi connectivity index (χ4n) is 6.52. The first-order valence-electron chi connectivity index (χ1n) is 15.4. The Hall–Kier alpha value is -5.38. The Morgan fingerprint density at radius 1 is 0.587 bits per heavy atom. The Kier molecular flexibility index (Phi) is 7.78. The second kappa shape index (κ2) is 12.2. The van der Waals surface area contributed by atoms with Crippen molar-refractivity contribution in [3.05, 3.63) is 125 Å². The van der Waals surface area contributed by atoms with Gasteiger partial charge in [-0.25, -0.2) is 13.6 Å². The van der Waals surface area contributed by atoms with Crippen LogP contribution in [0.25, 0.3) is 16.6 Å². The third-order valence-electron chi connectivity index (χ3n) is 9.00. The van der Waals surface area contributed by atoms with E-state index in [-0.39, 0.29) is 22.3 Å². The van der Waals surface area contributed by atoms with E-state index in [2.05, 4.69) is 26.8 Å². The second-order valence-corrected chi connectivity index (χ2v) is 11.6. The predicted molar refractivity (Wildman–Crippen MR) is 178 cm³/mol. The molecule has 8 nitrogen and oxygen atoms in total. The minimum atomic E-state index is -1.46. The van der Waals surface area contributed by atoms with Crippen LogP contribution in [0.15, 0.2) is 102 Å². The minimum absolute atomic E-state index is 0.0747.